The topological polar surface area (TPSA) is 109 Å². The Kier molecular flexibility index (Phi) is 9.31. The Morgan fingerprint density at radius 3 is 2.10 bits per heavy atom. The number of aryl methyl sites for hydroxylation is 1. The molecule has 0 aliphatic carbocycles. The number of carbonyl (C=O) groups excluding carboxylic acids is 2. The molecule has 4 aromatic carbocycles. The predicted molar refractivity (Wildman–Crippen MR) is 158 cm³/mol. The molecule has 0 spiro atoms. The summed E-state index contributed by atoms with van der Waals surface area (Å²) in [5, 5.41) is 18.4. The number of benzene rings is 4. The zero-order chi connectivity index (χ0) is 28.5. The first-order valence-electron chi connectivity index (χ1n) is 12.3. The van der Waals surface area contributed by atoms with Gasteiger partial charge in [0.15, 0.2) is 23.7 Å². The fraction of sp³-hybridized carbons (Fsp3) is 0.129. The molecule has 0 saturated heterocycles. The van der Waals surface area contributed by atoms with Gasteiger partial charge in [-0.1, -0.05) is 78.4 Å². The van der Waals surface area contributed by atoms with Crippen LogP contribution in [-0.4, -0.2) is 36.9 Å². The average Bonchev–Trinajstić information content (AvgIpc) is 2.98. The SMILES string of the molecule is COc1cc(/C=N\NC(=O)C(O)(c2ccccc2)c2ccccc2)c(Br)cc1OCC(=O)Nc1ccc(C)cc1. The number of hydrogen-bond donors (Lipinski definition) is 3. The lowest BCUT2D eigenvalue weighted by molar-refractivity contribution is -0.136. The smallest absolute Gasteiger partial charge is 0.281 e. The summed E-state index contributed by atoms with van der Waals surface area (Å²) >= 11 is 3.47. The Morgan fingerprint density at radius 2 is 1.52 bits per heavy atom. The highest BCUT2D eigenvalue weighted by atomic mass is 79.9. The van der Waals surface area contributed by atoms with Crippen molar-refractivity contribution < 1.29 is 24.2 Å². The molecular formula is C31H28BrN3O5. The van der Waals surface area contributed by atoms with E-state index in [1.807, 2.05) is 31.2 Å². The molecular weight excluding hydrogens is 574 g/mol. The zero-order valence-corrected chi connectivity index (χ0v) is 23.5. The van der Waals surface area contributed by atoms with Crippen LogP contribution in [0.2, 0.25) is 0 Å². The summed E-state index contributed by atoms with van der Waals surface area (Å²) in [5.74, 6) is -0.329. The van der Waals surface area contributed by atoms with Gasteiger partial charge in [-0.25, -0.2) is 5.43 Å². The first kappa shape index (κ1) is 28.5. The van der Waals surface area contributed by atoms with Gasteiger partial charge in [-0.05, 0) is 58.2 Å². The third-order valence-electron chi connectivity index (χ3n) is 6.06. The van der Waals surface area contributed by atoms with Crippen LogP contribution in [0.4, 0.5) is 5.69 Å². The highest BCUT2D eigenvalue weighted by Gasteiger charge is 2.39. The molecule has 204 valence electrons. The molecule has 0 fully saturated rings. The van der Waals surface area contributed by atoms with E-state index < -0.39 is 11.5 Å². The molecule has 0 heterocycles. The molecule has 4 aromatic rings. The lowest BCUT2D eigenvalue weighted by Crippen LogP contribution is -2.43. The Bertz CT molecular complexity index is 1450. The van der Waals surface area contributed by atoms with Crippen LogP contribution >= 0.6 is 15.9 Å². The Labute approximate surface area is 240 Å². The zero-order valence-electron chi connectivity index (χ0n) is 21.9. The van der Waals surface area contributed by atoms with Gasteiger partial charge in [-0.2, -0.15) is 5.10 Å². The maximum Gasteiger partial charge on any atom is 0.281 e. The number of rotatable bonds is 10. The van der Waals surface area contributed by atoms with E-state index in [0.717, 1.165) is 5.56 Å². The largest absolute Gasteiger partial charge is 0.493 e. The monoisotopic (exact) mass is 601 g/mol. The quantitative estimate of drug-likeness (QED) is 0.172. The van der Waals surface area contributed by atoms with Gasteiger partial charge >= 0.3 is 0 Å². The standard InChI is InChI=1S/C31H28BrN3O5/c1-21-13-15-25(16-14-21)34-29(36)20-40-28-18-26(32)22(17-27(28)39-2)19-33-35-30(37)31(38,23-9-5-3-6-10-23)24-11-7-4-8-12-24/h3-19,38H,20H2,1-2H3,(H,34,36)(H,35,37)/b33-19-. The molecule has 9 heteroatoms. The van der Waals surface area contributed by atoms with E-state index in [1.54, 1.807) is 72.8 Å². The minimum absolute atomic E-state index is 0.224. The van der Waals surface area contributed by atoms with Gasteiger partial charge in [-0.15, -0.1) is 0 Å². The molecule has 0 radical (unpaired) electrons. The van der Waals surface area contributed by atoms with Crippen molar-refractivity contribution in [3.8, 4) is 11.5 Å². The molecule has 0 atom stereocenters. The van der Waals surface area contributed by atoms with Crippen molar-refractivity contribution in [2.75, 3.05) is 19.0 Å². The number of halogens is 1. The van der Waals surface area contributed by atoms with E-state index >= 15 is 0 Å². The summed E-state index contributed by atoms with van der Waals surface area (Å²) in [7, 11) is 1.48. The normalized spacial score (nSPS) is 11.2. The fourth-order valence-electron chi connectivity index (χ4n) is 3.93. The third kappa shape index (κ3) is 6.74. The van der Waals surface area contributed by atoms with Crippen LogP contribution in [0.15, 0.2) is 107 Å². The number of methoxy groups -OCH3 is 1. The molecule has 2 amide bonds. The second kappa shape index (κ2) is 13.1. The van der Waals surface area contributed by atoms with Crippen molar-refractivity contribution in [2.24, 2.45) is 5.10 Å². The predicted octanol–water partition coefficient (Wildman–Crippen LogP) is 5.17. The third-order valence-corrected chi connectivity index (χ3v) is 6.75. The first-order valence-corrected chi connectivity index (χ1v) is 13.1. The summed E-state index contributed by atoms with van der Waals surface area (Å²) in [6.45, 7) is 1.74. The van der Waals surface area contributed by atoms with Crippen LogP contribution in [0.1, 0.15) is 22.3 Å². The first-order chi connectivity index (χ1) is 19.3. The Morgan fingerprint density at radius 1 is 0.925 bits per heavy atom. The number of hydrogen-bond acceptors (Lipinski definition) is 6. The molecule has 0 aliphatic heterocycles. The van der Waals surface area contributed by atoms with Crippen molar-refractivity contribution in [2.45, 2.75) is 12.5 Å². The highest BCUT2D eigenvalue weighted by molar-refractivity contribution is 9.10. The Balaban J connectivity index is 1.46. The summed E-state index contributed by atoms with van der Waals surface area (Å²) in [4.78, 5) is 25.6. The summed E-state index contributed by atoms with van der Waals surface area (Å²) in [5.41, 5.74) is 3.64. The molecule has 3 N–H and O–H groups in total. The van der Waals surface area contributed by atoms with Crippen LogP contribution in [0, 0.1) is 6.92 Å². The minimum atomic E-state index is -1.95. The summed E-state index contributed by atoms with van der Waals surface area (Å²) in [6.07, 6.45) is 1.41. The maximum absolute atomic E-state index is 13.2. The van der Waals surface area contributed by atoms with Crippen LogP contribution < -0.4 is 20.2 Å². The van der Waals surface area contributed by atoms with Crippen LogP contribution in [0.3, 0.4) is 0 Å². The van der Waals surface area contributed by atoms with Gasteiger partial charge in [0.25, 0.3) is 11.8 Å². The minimum Gasteiger partial charge on any atom is -0.493 e. The lowest BCUT2D eigenvalue weighted by atomic mass is 9.85. The van der Waals surface area contributed by atoms with Crippen molar-refractivity contribution >= 4 is 39.6 Å². The van der Waals surface area contributed by atoms with E-state index in [-0.39, 0.29) is 12.5 Å². The van der Waals surface area contributed by atoms with Crippen LogP contribution in [0.5, 0.6) is 11.5 Å². The van der Waals surface area contributed by atoms with Gasteiger partial charge in [0, 0.05) is 15.7 Å². The van der Waals surface area contributed by atoms with Gasteiger partial charge in [0.1, 0.15) is 0 Å². The van der Waals surface area contributed by atoms with E-state index in [9.17, 15) is 14.7 Å². The van der Waals surface area contributed by atoms with Gasteiger partial charge < -0.3 is 19.9 Å². The van der Waals surface area contributed by atoms with Crippen molar-refractivity contribution in [1.82, 2.24) is 5.43 Å². The van der Waals surface area contributed by atoms with Crippen molar-refractivity contribution in [3.63, 3.8) is 0 Å². The maximum atomic E-state index is 13.2. The number of amides is 2. The molecule has 8 nitrogen and oxygen atoms in total. The highest BCUT2D eigenvalue weighted by Crippen LogP contribution is 2.33. The molecule has 0 saturated carbocycles. The van der Waals surface area contributed by atoms with Crippen LogP contribution in [0.25, 0.3) is 0 Å². The molecule has 0 unspecified atom stereocenters. The Hall–Kier alpha value is -4.47. The lowest BCUT2D eigenvalue weighted by Gasteiger charge is -2.27. The fourth-order valence-corrected chi connectivity index (χ4v) is 4.35. The number of anilines is 1. The van der Waals surface area contributed by atoms with Crippen molar-refractivity contribution in [3.05, 3.63) is 124 Å². The van der Waals surface area contributed by atoms with Crippen LogP contribution in [-0.2, 0) is 15.2 Å². The van der Waals surface area contributed by atoms with Gasteiger partial charge in [0.05, 0.1) is 13.3 Å². The number of aliphatic hydroxyl groups is 1. The summed E-state index contributed by atoms with van der Waals surface area (Å²) < 4.78 is 11.7. The number of carbonyl (C=O) groups is 2. The van der Waals surface area contributed by atoms with E-state index in [2.05, 4.69) is 31.8 Å². The second-order valence-corrected chi connectivity index (χ2v) is 9.72. The number of nitrogens with zero attached hydrogens (tertiary/aromatic N) is 1. The summed E-state index contributed by atoms with van der Waals surface area (Å²) in [6, 6.07) is 28.1. The van der Waals surface area contributed by atoms with Gasteiger partial charge in [0.2, 0.25) is 0 Å². The van der Waals surface area contributed by atoms with E-state index in [4.69, 9.17) is 9.47 Å². The molecule has 4 rings (SSSR count). The molecule has 0 aromatic heterocycles. The average molecular weight is 602 g/mol. The molecule has 0 aliphatic rings. The van der Waals surface area contributed by atoms with Gasteiger partial charge in [-0.3, -0.25) is 9.59 Å². The number of nitrogens with one attached hydrogen (secondary N) is 2. The number of hydrazone groups is 1. The molecule has 0 bridgehead atoms. The van der Waals surface area contributed by atoms with Crippen molar-refractivity contribution in [1.29, 1.82) is 0 Å². The second-order valence-electron chi connectivity index (χ2n) is 8.87. The van der Waals surface area contributed by atoms with E-state index in [1.165, 1.54) is 13.3 Å². The van der Waals surface area contributed by atoms with E-state index in [0.29, 0.717) is 38.3 Å². The molecule has 40 heavy (non-hydrogen) atoms. The number of ether oxygens (including phenoxy) is 2.